The van der Waals surface area contributed by atoms with Crippen LogP contribution in [0.15, 0.2) is 36.4 Å². The van der Waals surface area contributed by atoms with Gasteiger partial charge in [0.15, 0.2) is 0 Å². The SMILES string of the molecule is Cc1cc(CNC(=O)c2cc(-c3ccc(F)cc3)nn2C)nc(N2CCOCC2)n1. The normalized spacial score (nSPS) is 14.0. The van der Waals surface area contributed by atoms with Crippen LogP contribution < -0.4 is 10.2 Å². The molecule has 2 aromatic heterocycles. The van der Waals surface area contributed by atoms with E-state index >= 15 is 0 Å². The third-order valence-corrected chi connectivity index (χ3v) is 4.87. The van der Waals surface area contributed by atoms with Crippen molar-refractivity contribution in [3.05, 3.63) is 59.3 Å². The fraction of sp³-hybridized carbons (Fsp3) is 0.333. The Morgan fingerprint density at radius 1 is 1.17 bits per heavy atom. The fourth-order valence-electron chi connectivity index (χ4n) is 3.32. The fourth-order valence-corrected chi connectivity index (χ4v) is 3.32. The van der Waals surface area contributed by atoms with E-state index in [0.29, 0.717) is 30.5 Å². The van der Waals surface area contributed by atoms with Crippen molar-refractivity contribution in [1.29, 1.82) is 0 Å². The van der Waals surface area contributed by atoms with Crippen LogP contribution in [0.2, 0.25) is 0 Å². The molecule has 3 aromatic rings. The number of carbonyl (C=O) groups excluding carboxylic acids is 1. The molecule has 4 rings (SSSR count). The van der Waals surface area contributed by atoms with E-state index in [1.54, 1.807) is 25.2 Å². The number of ether oxygens (including phenoxy) is 1. The molecular formula is C21H23FN6O2. The smallest absolute Gasteiger partial charge is 0.269 e. The average molecular weight is 410 g/mol. The number of nitrogens with zero attached hydrogens (tertiary/aromatic N) is 5. The van der Waals surface area contributed by atoms with Gasteiger partial charge in [-0.3, -0.25) is 9.48 Å². The maximum atomic E-state index is 13.1. The van der Waals surface area contributed by atoms with Crippen molar-refractivity contribution >= 4 is 11.9 Å². The van der Waals surface area contributed by atoms with E-state index in [2.05, 4.69) is 25.3 Å². The third-order valence-electron chi connectivity index (χ3n) is 4.87. The second-order valence-corrected chi connectivity index (χ2v) is 7.13. The lowest BCUT2D eigenvalue weighted by atomic mass is 10.1. The van der Waals surface area contributed by atoms with Gasteiger partial charge >= 0.3 is 0 Å². The Hall–Kier alpha value is -3.33. The lowest BCUT2D eigenvalue weighted by Crippen LogP contribution is -2.37. The van der Waals surface area contributed by atoms with Gasteiger partial charge in [0, 0.05) is 31.4 Å². The highest BCUT2D eigenvalue weighted by molar-refractivity contribution is 5.93. The van der Waals surface area contributed by atoms with Crippen molar-refractivity contribution in [2.45, 2.75) is 13.5 Å². The van der Waals surface area contributed by atoms with Gasteiger partial charge in [-0.25, -0.2) is 14.4 Å². The second-order valence-electron chi connectivity index (χ2n) is 7.13. The molecule has 0 saturated carbocycles. The number of morpholine rings is 1. The second kappa shape index (κ2) is 8.58. The van der Waals surface area contributed by atoms with Gasteiger partial charge in [0.25, 0.3) is 5.91 Å². The molecule has 1 aliphatic heterocycles. The molecule has 1 amide bonds. The van der Waals surface area contributed by atoms with Crippen LogP contribution in [0.5, 0.6) is 0 Å². The number of aryl methyl sites for hydroxylation is 2. The summed E-state index contributed by atoms with van der Waals surface area (Å²) in [7, 11) is 1.70. The predicted octanol–water partition coefficient (Wildman–Crippen LogP) is 2.09. The summed E-state index contributed by atoms with van der Waals surface area (Å²) in [5, 5.41) is 7.26. The van der Waals surface area contributed by atoms with E-state index in [0.717, 1.165) is 30.0 Å². The number of hydrogen-bond acceptors (Lipinski definition) is 6. The Labute approximate surface area is 173 Å². The molecule has 1 N–H and O–H groups in total. The molecule has 8 nitrogen and oxygen atoms in total. The zero-order valence-corrected chi connectivity index (χ0v) is 16.9. The van der Waals surface area contributed by atoms with Gasteiger partial charge in [0.05, 0.1) is 31.1 Å². The molecule has 0 bridgehead atoms. The highest BCUT2D eigenvalue weighted by atomic mass is 19.1. The Morgan fingerprint density at radius 2 is 1.90 bits per heavy atom. The summed E-state index contributed by atoms with van der Waals surface area (Å²) in [5.41, 5.74) is 3.34. The van der Waals surface area contributed by atoms with Crippen LogP contribution in [0.4, 0.5) is 10.3 Å². The van der Waals surface area contributed by atoms with Gasteiger partial charge in [-0.2, -0.15) is 5.10 Å². The van der Waals surface area contributed by atoms with Crippen LogP contribution in [0.1, 0.15) is 21.9 Å². The first-order valence-corrected chi connectivity index (χ1v) is 9.75. The molecule has 1 saturated heterocycles. The number of amides is 1. The number of benzene rings is 1. The molecule has 1 aliphatic rings. The largest absolute Gasteiger partial charge is 0.378 e. The summed E-state index contributed by atoms with van der Waals surface area (Å²) in [6.07, 6.45) is 0. The number of hydrogen-bond donors (Lipinski definition) is 1. The molecule has 1 aromatic carbocycles. The molecule has 0 aliphatic carbocycles. The average Bonchev–Trinajstić information content (AvgIpc) is 3.14. The highest BCUT2D eigenvalue weighted by Gasteiger charge is 2.17. The Kier molecular flexibility index (Phi) is 5.71. The molecule has 3 heterocycles. The quantitative estimate of drug-likeness (QED) is 0.693. The summed E-state index contributed by atoms with van der Waals surface area (Å²) in [6.45, 7) is 4.98. The number of halogens is 1. The summed E-state index contributed by atoms with van der Waals surface area (Å²) >= 11 is 0. The summed E-state index contributed by atoms with van der Waals surface area (Å²) in [6, 6.07) is 9.55. The standard InChI is InChI=1S/C21H23FN6O2/c1-14-11-17(25-21(24-14)28-7-9-30-10-8-28)13-23-20(29)19-12-18(26-27(19)2)15-3-5-16(22)6-4-15/h3-6,11-12H,7-10,13H2,1-2H3,(H,23,29). The topological polar surface area (TPSA) is 85.2 Å². The van der Waals surface area contributed by atoms with Crippen molar-refractivity contribution in [3.63, 3.8) is 0 Å². The van der Waals surface area contributed by atoms with Crippen LogP contribution in [0.25, 0.3) is 11.3 Å². The van der Waals surface area contributed by atoms with Crippen molar-refractivity contribution in [2.75, 3.05) is 31.2 Å². The Morgan fingerprint density at radius 3 is 2.63 bits per heavy atom. The molecule has 30 heavy (non-hydrogen) atoms. The molecule has 9 heteroatoms. The molecule has 156 valence electrons. The predicted molar refractivity (Wildman–Crippen MR) is 110 cm³/mol. The first kappa shape index (κ1) is 20.0. The van der Waals surface area contributed by atoms with E-state index in [4.69, 9.17) is 4.74 Å². The first-order chi connectivity index (χ1) is 14.5. The van der Waals surface area contributed by atoms with Crippen LogP contribution >= 0.6 is 0 Å². The third kappa shape index (κ3) is 4.46. The van der Waals surface area contributed by atoms with E-state index in [-0.39, 0.29) is 18.3 Å². The van der Waals surface area contributed by atoms with E-state index in [9.17, 15) is 9.18 Å². The molecule has 0 spiro atoms. The minimum Gasteiger partial charge on any atom is -0.378 e. The molecule has 0 unspecified atom stereocenters. The lowest BCUT2D eigenvalue weighted by molar-refractivity contribution is 0.0941. The van der Waals surface area contributed by atoms with E-state index in [1.807, 2.05) is 13.0 Å². The Bertz CT molecular complexity index is 1040. The monoisotopic (exact) mass is 410 g/mol. The van der Waals surface area contributed by atoms with Gasteiger partial charge in [-0.1, -0.05) is 0 Å². The van der Waals surface area contributed by atoms with E-state index < -0.39 is 0 Å². The highest BCUT2D eigenvalue weighted by Crippen LogP contribution is 2.19. The minimum atomic E-state index is -0.316. The summed E-state index contributed by atoms with van der Waals surface area (Å²) in [4.78, 5) is 23.9. The van der Waals surface area contributed by atoms with Gasteiger partial charge in [0.2, 0.25) is 5.95 Å². The molecule has 1 fully saturated rings. The first-order valence-electron chi connectivity index (χ1n) is 9.75. The van der Waals surface area contributed by atoms with Gasteiger partial charge < -0.3 is 15.0 Å². The zero-order valence-electron chi connectivity index (χ0n) is 16.9. The number of anilines is 1. The van der Waals surface area contributed by atoms with Crippen molar-refractivity contribution in [3.8, 4) is 11.3 Å². The number of rotatable bonds is 5. The molecule has 0 atom stereocenters. The number of nitrogens with one attached hydrogen (secondary N) is 1. The van der Waals surface area contributed by atoms with E-state index in [1.165, 1.54) is 16.8 Å². The maximum absolute atomic E-state index is 13.1. The maximum Gasteiger partial charge on any atom is 0.269 e. The number of carbonyl (C=O) groups is 1. The minimum absolute atomic E-state index is 0.262. The van der Waals surface area contributed by atoms with Crippen molar-refractivity contribution in [2.24, 2.45) is 7.05 Å². The Balaban J connectivity index is 1.46. The van der Waals surface area contributed by atoms with Crippen molar-refractivity contribution < 1.29 is 13.9 Å². The number of aromatic nitrogens is 4. The summed E-state index contributed by atoms with van der Waals surface area (Å²) in [5.74, 6) is 0.0773. The van der Waals surface area contributed by atoms with Crippen LogP contribution in [-0.4, -0.2) is 52.0 Å². The zero-order chi connectivity index (χ0) is 21.1. The van der Waals surface area contributed by atoms with Crippen LogP contribution in [0.3, 0.4) is 0 Å². The van der Waals surface area contributed by atoms with Gasteiger partial charge in [-0.05, 0) is 43.3 Å². The summed E-state index contributed by atoms with van der Waals surface area (Å²) < 4.78 is 20.0. The van der Waals surface area contributed by atoms with Gasteiger partial charge in [-0.15, -0.1) is 0 Å². The van der Waals surface area contributed by atoms with Gasteiger partial charge in [0.1, 0.15) is 11.5 Å². The molecule has 0 radical (unpaired) electrons. The molecular weight excluding hydrogens is 387 g/mol. The lowest BCUT2D eigenvalue weighted by Gasteiger charge is -2.27. The van der Waals surface area contributed by atoms with Crippen LogP contribution in [0, 0.1) is 12.7 Å². The van der Waals surface area contributed by atoms with Crippen molar-refractivity contribution in [1.82, 2.24) is 25.1 Å². The van der Waals surface area contributed by atoms with Crippen LogP contribution in [-0.2, 0) is 18.3 Å².